The highest BCUT2D eigenvalue weighted by Gasteiger charge is 2.35. The number of hydrogen-bond acceptors (Lipinski definition) is 2. The number of nitrogens with zero attached hydrogens (tertiary/aromatic N) is 1. The Labute approximate surface area is 133 Å². The maximum absolute atomic E-state index is 12.4. The highest BCUT2D eigenvalue weighted by atomic mass is 16.2. The standard InChI is InChI=1S/C19H27NO2/c1-3-5-6-7-11-15(10-4-2)14-20-18(21)16-12-8-9-13-17(16)19(20)22/h8-9,12-13,15H,3-7,10-11,14H2,1-2H3. The second-order valence-corrected chi connectivity index (χ2v) is 6.27. The van der Waals surface area contributed by atoms with E-state index >= 15 is 0 Å². The topological polar surface area (TPSA) is 37.4 Å². The predicted octanol–water partition coefficient (Wildman–Crippen LogP) is 4.67. The third-order valence-electron chi connectivity index (χ3n) is 4.48. The van der Waals surface area contributed by atoms with Crippen molar-refractivity contribution in [1.29, 1.82) is 0 Å². The molecule has 1 atom stereocenters. The van der Waals surface area contributed by atoms with Gasteiger partial charge in [-0.25, -0.2) is 0 Å². The van der Waals surface area contributed by atoms with E-state index in [1.807, 2.05) is 12.1 Å². The average molecular weight is 301 g/mol. The number of hydrogen-bond donors (Lipinski definition) is 0. The van der Waals surface area contributed by atoms with Crippen molar-refractivity contribution in [1.82, 2.24) is 4.90 Å². The van der Waals surface area contributed by atoms with Gasteiger partial charge in [-0.1, -0.05) is 58.1 Å². The molecule has 1 heterocycles. The Kier molecular flexibility index (Phi) is 6.17. The van der Waals surface area contributed by atoms with Gasteiger partial charge in [0.2, 0.25) is 0 Å². The number of imide groups is 1. The number of fused-ring (bicyclic) bond motifs is 1. The first-order valence-corrected chi connectivity index (χ1v) is 8.64. The number of unbranched alkanes of at least 4 members (excludes halogenated alkanes) is 3. The fourth-order valence-corrected chi connectivity index (χ4v) is 3.26. The van der Waals surface area contributed by atoms with Crippen LogP contribution in [0.25, 0.3) is 0 Å². The zero-order chi connectivity index (χ0) is 15.9. The van der Waals surface area contributed by atoms with Crippen molar-refractivity contribution in [2.45, 2.75) is 58.8 Å². The summed E-state index contributed by atoms with van der Waals surface area (Å²) in [4.78, 5) is 26.3. The number of carbonyl (C=O) groups excluding carboxylic acids is 2. The zero-order valence-electron chi connectivity index (χ0n) is 13.8. The van der Waals surface area contributed by atoms with Crippen LogP contribution in [0.5, 0.6) is 0 Å². The Balaban J connectivity index is 1.98. The SMILES string of the molecule is CCCCCCC(CCC)CN1C(=O)c2ccccc2C1=O. The molecule has 0 spiro atoms. The molecule has 0 radical (unpaired) electrons. The van der Waals surface area contributed by atoms with Crippen molar-refractivity contribution in [3.63, 3.8) is 0 Å². The van der Waals surface area contributed by atoms with E-state index in [1.165, 1.54) is 30.6 Å². The van der Waals surface area contributed by atoms with E-state index in [1.54, 1.807) is 12.1 Å². The van der Waals surface area contributed by atoms with Crippen LogP contribution in [0.15, 0.2) is 24.3 Å². The molecule has 1 aromatic carbocycles. The molecule has 2 rings (SSSR count). The molecule has 0 aliphatic carbocycles. The highest BCUT2D eigenvalue weighted by Crippen LogP contribution is 2.26. The molecule has 1 aliphatic heterocycles. The second-order valence-electron chi connectivity index (χ2n) is 6.27. The largest absolute Gasteiger partial charge is 0.274 e. The molecule has 120 valence electrons. The second kappa shape index (κ2) is 8.11. The van der Waals surface area contributed by atoms with E-state index in [2.05, 4.69) is 13.8 Å². The minimum absolute atomic E-state index is 0.115. The van der Waals surface area contributed by atoms with Crippen LogP contribution in [-0.4, -0.2) is 23.3 Å². The van der Waals surface area contributed by atoms with Gasteiger partial charge in [0.25, 0.3) is 11.8 Å². The fraction of sp³-hybridized carbons (Fsp3) is 0.579. The Morgan fingerprint density at radius 2 is 1.50 bits per heavy atom. The molecule has 0 fully saturated rings. The van der Waals surface area contributed by atoms with E-state index in [0.29, 0.717) is 23.6 Å². The molecule has 0 aromatic heterocycles. The smallest absolute Gasteiger partial charge is 0.261 e. The van der Waals surface area contributed by atoms with Crippen LogP contribution >= 0.6 is 0 Å². The molecule has 3 heteroatoms. The lowest BCUT2D eigenvalue weighted by Crippen LogP contribution is -2.34. The summed E-state index contributed by atoms with van der Waals surface area (Å²) in [5, 5.41) is 0. The number of carbonyl (C=O) groups is 2. The van der Waals surface area contributed by atoms with Crippen molar-refractivity contribution in [2.24, 2.45) is 5.92 Å². The van der Waals surface area contributed by atoms with Gasteiger partial charge in [-0.2, -0.15) is 0 Å². The number of benzene rings is 1. The van der Waals surface area contributed by atoms with Crippen LogP contribution in [-0.2, 0) is 0 Å². The van der Waals surface area contributed by atoms with Gasteiger partial charge < -0.3 is 0 Å². The van der Waals surface area contributed by atoms with Crippen molar-refractivity contribution in [3.05, 3.63) is 35.4 Å². The molecule has 0 saturated heterocycles. The van der Waals surface area contributed by atoms with Crippen molar-refractivity contribution in [3.8, 4) is 0 Å². The molecule has 0 N–H and O–H groups in total. The van der Waals surface area contributed by atoms with Crippen molar-refractivity contribution >= 4 is 11.8 Å². The highest BCUT2D eigenvalue weighted by molar-refractivity contribution is 6.21. The van der Waals surface area contributed by atoms with Gasteiger partial charge >= 0.3 is 0 Å². The van der Waals surface area contributed by atoms with E-state index < -0.39 is 0 Å². The molecule has 2 amide bonds. The first kappa shape index (κ1) is 16.7. The van der Waals surface area contributed by atoms with E-state index in [9.17, 15) is 9.59 Å². The first-order chi connectivity index (χ1) is 10.7. The number of amides is 2. The lowest BCUT2D eigenvalue weighted by atomic mass is 9.95. The molecule has 1 aromatic rings. The van der Waals surface area contributed by atoms with Crippen LogP contribution in [0.1, 0.15) is 79.5 Å². The number of rotatable bonds is 9. The van der Waals surface area contributed by atoms with Gasteiger partial charge in [0.15, 0.2) is 0 Å². The van der Waals surface area contributed by atoms with Crippen molar-refractivity contribution < 1.29 is 9.59 Å². The maximum Gasteiger partial charge on any atom is 0.261 e. The third-order valence-corrected chi connectivity index (χ3v) is 4.48. The summed E-state index contributed by atoms with van der Waals surface area (Å²) in [5.41, 5.74) is 1.13. The normalized spacial score (nSPS) is 15.3. The Morgan fingerprint density at radius 1 is 0.864 bits per heavy atom. The lowest BCUT2D eigenvalue weighted by Gasteiger charge is -2.22. The molecular weight excluding hydrogens is 274 g/mol. The molecular formula is C19H27NO2. The van der Waals surface area contributed by atoms with Gasteiger partial charge in [-0.15, -0.1) is 0 Å². The van der Waals surface area contributed by atoms with E-state index in [0.717, 1.165) is 19.3 Å². The lowest BCUT2D eigenvalue weighted by molar-refractivity contribution is 0.0622. The molecule has 1 unspecified atom stereocenters. The van der Waals surface area contributed by atoms with Gasteiger partial charge in [0.05, 0.1) is 11.1 Å². The fourth-order valence-electron chi connectivity index (χ4n) is 3.26. The summed E-state index contributed by atoms with van der Waals surface area (Å²) >= 11 is 0. The van der Waals surface area contributed by atoms with Gasteiger partial charge in [0.1, 0.15) is 0 Å². The van der Waals surface area contributed by atoms with Crippen LogP contribution < -0.4 is 0 Å². The summed E-state index contributed by atoms with van der Waals surface area (Å²) < 4.78 is 0. The molecule has 3 nitrogen and oxygen atoms in total. The Bertz CT molecular complexity index is 489. The van der Waals surface area contributed by atoms with Gasteiger partial charge in [-0.3, -0.25) is 14.5 Å². The van der Waals surface area contributed by atoms with Gasteiger partial charge in [0, 0.05) is 6.54 Å². The molecule has 22 heavy (non-hydrogen) atoms. The maximum atomic E-state index is 12.4. The van der Waals surface area contributed by atoms with Crippen LogP contribution in [0.2, 0.25) is 0 Å². The Morgan fingerprint density at radius 3 is 2.05 bits per heavy atom. The quantitative estimate of drug-likeness (QED) is 0.491. The molecule has 0 bridgehead atoms. The summed E-state index contributed by atoms with van der Waals surface area (Å²) in [6.45, 7) is 4.95. The third kappa shape index (κ3) is 3.76. The van der Waals surface area contributed by atoms with Crippen LogP contribution in [0, 0.1) is 5.92 Å². The van der Waals surface area contributed by atoms with E-state index in [4.69, 9.17) is 0 Å². The predicted molar refractivity (Wildman–Crippen MR) is 89.0 cm³/mol. The van der Waals surface area contributed by atoms with Crippen LogP contribution in [0.4, 0.5) is 0 Å². The van der Waals surface area contributed by atoms with E-state index in [-0.39, 0.29) is 11.8 Å². The summed E-state index contributed by atoms with van der Waals surface area (Å²) in [7, 11) is 0. The average Bonchev–Trinajstić information content (AvgIpc) is 2.77. The van der Waals surface area contributed by atoms with Crippen LogP contribution in [0.3, 0.4) is 0 Å². The summed E-state index contributed by atoms with van der Waals surface area (Å²) in [5.74, 6) is 0.203. The molecule has 0 saturated carbocycles. The first-order valence-electron chi connectivity index (χ1n) is 8.64. The molecule has 1 aliphatic rings. The zero-order valence-corrected chi connectivity index (χ0v) is 13.8. The minimum atomic E-state index is -0.115. The van der Waals surface area contributed by atoms with Gasteiger partial charge in [-0.05, 0) is 30.9 Å². The monoisotopic (exact) mass is 301 g/mol. The minimum Gasteiger partial charge on any atom is -0.274 e. The Hall–Kier alpha value is -1.64. The summed E-state index contributed by atoms with van der Waals surface area (Å²) in [6, 6.07) is 7.15. The summed E-state index contributed by atoms with van der Waals surface area (Å²) in [6.07, 6.45) is 8.24. The van der Waals surface area contributed by atoms with Crippen molar-refractivity contribution in [2.75, 3.05) is 6.54 Å².